The van der Waals surface area contributed by atoms with E-state index in [0.29, 0.717) is 18.7 Å². The smallest absolute Gasteiger partial charge is 0.327 e. The Bertz CT molecular complexity index is 486. The van der Waals surface area contributed by atoms with Gasteiger partial charge in [0, 0.05) is 18.7 Å². The molecule has 1 amide bonds. The van der Waals surface area contributed by atoms with E-state index >= 15 is 0 Å². The lowest BCUT2D eigenvalue weighted by molar-refractivity contribution is -0.140. The summed E-state index contributed by atoms with van der Waals surface area (Å²) in [5.41, 5.74) is 1.57. The Kier molecular flexibility index (Phi) is 4.16. The van der Waals surface area contributed by atoms with Gasteiger partial charge >= 0.3 is 5.97 Å². The summed E-state index contributed by atoms with van der Waals surface area (Å²) in [6, 6.07) is 6.45. The Morgan fingerprint density at radius 3 is 2.84 bits per heavy atom. The number of ether oxygens (including phenoxy) is 1. The van der Waals surface area contributed by atoms with Crippen molar-refractivity contribution < 1.29 is 19.4 Å². The third-order valence-corrected chi connectivity index (χ3v) is 3.10. The molecule has 0 radical (unpaired) electrons. The highest BCUT2D eigenvalue weighted by molar-refractivity contribution is 6.02. The molecule has 1 heterocycles. The number of carboxylic acids is 1. The van der Waals surface area contributed by atoms with Crippen LogP contribution in [0.5, 0.6) is 0 Å². The summed E-state index contributed by atoms with van der Waals surface area (Å²) in [5, 5.41) is 9.24. The SMILES string of the molecule is CCCOCC(=O)N1c2ccccc2C[C@H]1C(=O)O. The third kappa shape index (κ3) is 2.76. The lowest BCUT2D eigenvalue weighted by atomic mass is 10.1. The first-order valence-electron chi connectivity index (χ1n) is 6.35. The minimum absolute atomic E-state index is 0.0774. The van der Waals surface area contributed by atoms with Crippen LogP contribution in [-0.4, -0.2) is 36.2 Å². The van der Waals surface area contributed by atoms with Crippen LogP contribution in [0.2, 0.25) is 0 Å². The lowest BCUT2D eigenvalue weighted by Gasteiger charge is -2.22. The normalized spacial score (nSPS) is 17.3. The first-order valence-corrected chi connectivity index (χ1v) is 6.35. The summed E-state index contributed by atoms with van der Waals surface area (Å²) >= 11 is 0. The second-order valence-electron chi connectivity index (χ2n) is 4.50. The molecule has 0 spiro atoms. The van der Waals surface area contributed by atoms with Gasteiger partial charge < -0.3 is 9.84 Å². The fraction of sp³-hybridized carbons (Fsp3) is 0.429. The maximum absolute atomic E-state index is 12.1. The van der Waals surface area contributed by atoms with Gasteiger partial charge in [-0.15, -0.1) is 0 Å². The molecule has 5 nitrogen and oxygen atoms in total. The van der Waals surface area contributed by atoms with E-state index in [0.717, 1.165) is 12.0 Å². The molecule has 0 aliphatic carbocycles. The van der Waals surface area contributed by atoms with Crippen molar-refractivity contribution in [3.05, 3.63) is 29.8 Å². The molecule has 0 saturated heterocycles. The van der Waals surface area contributed by atoms with Crippen LogP contribution in [0.25, 0.3) is 0 Å². The molecule has 1 aliphatic rings. The van der Waals surface area contributed by atoms with Gasteiger partial charge in [0.1, 0.15) is 12.6 Å². The van der Waals surface area contributed by atoms with E-state index in [9.17, 15) is 14.7 Å². The summed E-state index contributed by atoms with van der Waals surface area (Å²) in [6.07, 6.45) is 1.18. The Balaban J connectivity index is 2.19. The van der Waals surface area contributed by atoms with Crippen LogP contribution in [0, 0.1) is 0 Å². The van der Waals surface area contributed by atoms with Gasteiger partial charge in [0.2, 0.25) is 0 Å². The van der Waals surface area contributed by atoms with E-state index in [1.807, 2.05) is 19.1 Å². The zero-order chi connectivity index (χ0) is 13.8. The molecule has 0 bridgehead atoms. The molecule has 5 heteroatoms. The number of para-hydroxylation sites is 1. The Labute approximate surface area is 111 Å². The number of benzene rings is 1. The molecular formula is C14H17NO4. The monoisotopic (exact) mass is 263 g/mol. The quantitative estimate of drug-likeness (QED) is 0.817. The van der Waals surface area contributed by atoms with Crippen molar-refractivity contribution in [2.24, 2.45) is 0 Å². The van der Waals surface area contributed by atoms with Gasteiger partial charge in [0.05, 0.1) is 0 Å². The zero-order valence-electron chi connectivity index (χ0n) is 10.8. The van der Waals surface area contributed by atoms with Crippen molar-refractivity contribution in [2.45, 2.75) is 25.8 Å². The van der Waals surface area contributed by atoms with Gasteiger partial charge in [0.15, 0.2) is 0 Å². The zero-order valence-corrected chi connectivity index (χ0v) is 10.8. The van der Waals surface area contributed by atoms with Gasteiger partial charge in [-0.2, -0.15) is 0 Å². The highest BCUT2D eigenvalue weighted by Gasteiger charge is 2.37. The van der Waals surface area contributed by atoms with Gasteiger partial charge in [-0.05, 0) is 18.1 Å². The van der Waals surface area contributed by atoms with Gasteiger partial charge in [-0.3, -0.25) is 9.69 Å². The van der Waals surface area contributed by atoms with Crippen LogP contribution in [-0.2, 0) is 20.7 Å². The van der Waals surface area contributed by atoms with Crippen molar-refractivity contribution in [1.82, 2.24) is 0 Å². The molecular weight excluding hydrogens is 246 g/mol. The molecule has 1 aromatic carbocycles. The fourth-order valence-corrected chi connectivity index (χ4v) is 2.27. The molecule has 19 heavy (non-hydrogen) atoms. The maximum Gasteiger partial charge on any atom is 0.327 e. The molecule has 1 N–H and O–H groups in total. The molecule has 2 rings (SSSR count). The molecule has 0 unspecified atom stereocenters. The van der Waals surface area contributed by atoms with E-state index in [1.54, 1.807) is 12.1 Å². The van der Waals surface area contributed by atoms with E-state index in [2.05, 4.69) is 0 Å². The number of amides is 1. The van der Waals surface area contributed by atoms with Crippen LogP contribution in [0.4, 0.5) is 5.69 Å². The number of nitrogens with zero attached hydrogens (tertiary/aromatic N) is 1. The number of aliphatic carboxylic acids is 1. The van der Waals surface area contributed by atoms with E-state index in [4.69, 9.17) is 4.74 Å². The van der Waals surface area contributed by atoms with Crippen molar-refractivity contribution >= 4 is 17.6 Å². The molecule has 1 aromatic rings. The summed E-state index contributed by atoms with van der Waals surface area (Å²) in [7, 11) is 0. The molecule has 0 fully saturated rings. The predicted octanol–water partition coefficient (Wildman–Crippen LogP) is 1.46. The van der Waals surface area contributed by atoms with Gasteiger partial charge in [0.25, 0.3) is 5.91 Å². The largest absolute Gasteiger partial charge is 0.480 e. The first-order chi connectivity index (χ1) is 9.15. The van der Waals surface area contributed by atoms with Crippen molar-refractivity contribution in [3.8, 4) is 0 Å². The van der Waals surface area contributed by atoms with Gasteiger partial charge in [-0.25, -0.2) is 4.79 Å². The van der Waals surface area contributed by atoms with Gasteiger partial charge in [-0.1, -0.05) is 25.1 Å². The highest BCUT2D eigenvalue weighted by Crippen LogP contribution is 2.32. The number of carboxylic acid groups (broad SMARTS) is 1. The number of fused-ring (bicyclic) bond motifs is 1. The van der Waals surface area contributed by atoms with E-state index in [-0.39, 0.29) is 12.5 Å². The summed E-state index contributed by atoms with van der Waals surface area (Å²) in [6.45, 7) is 2.38. The summed E-state index contributed by atoms with van der Waals surface area (Å²) in [4.78, 5) is 24.8. The average molecular weight is 263 g/mol. The minimum atomic E-state index is -0.986. The summed E-state index contributed by atoms with van der Waals surface area (Å²) < 4.78 is 5.22. The van der Waals surface area contributed by atoms with Crippen molar-refractivity contribution in [2.75, 3.05) is 18.1 Å². The Morgan fingerprint density at radius 1 is 1.42 bits per heavy atom. The second kappa shape index (κ2) is 5.84. The summed E-state index contributed by atoms with van der Waals surface area (Å²) in [5.74, 6) is -1.29. The number of carbonyl (C=O) groups is 2. The maximum atomic E-state index is 12.1. The average Bonchev–Trinajstić information content (AvgIpc) is 2.78. The number of hydrogen-bond acceptors (Lipinski definition) is 3. The van der Waals surface area contributed by atoms with Crippen LogP contribution >= 0.6 is 0 Å². The molecule has 0 aromatic heterocycles. The van der Waals surface area contributed by atoms with Crippen molar-refractivity contribution in [1.29, 1.82) is 0 Å². The standard InChI is InChI=1S/C14H17NO4/c1-2-7-19-9-13(16)15-11-6-4-3-5-10(11)8-12(15)14(17)18/h3-6,12H,2,7-9H2,1H3,(H,17,18)/t12-/m0/s1. The highest BCUT2D eigenvalue weighted by atomic mass is 16.5. The minimum Gasteiger partial charge on any atom is -0.480 e. The van der Waals surface area contributed by atoms with Crippen molar-refractivity contribution in [3.63, 3.8) is 0 Å². The van der Waals surface area contributed by atoms with Crippen LogP contribution in [0.15, 0.2) is 24.3 Å². The number of carbonyl (C=O) groups excluding carboxylic acids is 1. The molecule has 1 atom stereocenters. The topological polar surface area (TPSA) is 66.8 Å². The number of rotatable bonds is 5. The predicted molar refractivity (Wildman–Crippen MR) is 70.2 cm³/mol. The number of anilines is 1. The van der Waals surface area contributed by atoms with E-state index < -0.39 is 12.0 Å². The lowest BCUT2D eigenvalue weighted by Crippen LogP contribution is -2.44. The van der Waals surface area contributed by atoms with Crippen LogP contribution < -0.4 is 4.90 Å². The third-order valence-electron chi connectivity index (χ3n) is 3.10. The molecule has 102 valence electrons. The van der Waals surface area contributed by atoms with E-state index in [1.165, 1.54) is 4.90 Å². The first kappa shape index (κ1) is 13.5. The molecule has 1 aliphatic heterocycles. The van der Waals surface area contributed by atoms with Crippen LogP contribution in [0.1, 0.15) is 18.9 Å². The Morgan fingerprint density at radius 2 is 2.16 bits per heavy atom. The fourth-order valence-electron chi connectivity index (χ4n) is 2.27. The van der Waals surface area contributed by atoms with Crippen LogP contribution in [0.3, 0.4) is 0 Å². The second-order valence-corrected chi connectivity index (χ2v) is 4.50. The Hall–Kier alpha value is -1.88. The molecule has 0 saturated carbocycles. The number of hydrogen-bond donors (Lipinski definition) is 1.